The van der Waals surface area contributed by atoms with Crippen molar-refractivity contribution in [3.8, 4) is 0 Å². The number of piperidine rings is 1. The Morgan fingerprint density at radius 2 is 1.46 bits per heavy atom. The molecule has 0 aliphatic carbocycles. The molecule has 1 fully saturated rings. The largest absolute Gasteiger partial charge is 0.348 e. The van der Waals surface area contributed by atoms with Crippen molar-refractivity contribution < 1.29 is 9.59 Å². The zero-order valence-corrected chi connectivity index (χ0v) is 25.8. The van der Waals surface area contributed by atoms with Crippen LogP contribution in [0.25, 0.3) is 0 Å². The average molecular weight is 561 g/mol. The predicted molar refractivity (Wildman–Crippen MR) is 169 cm³/mol. The van der Waals surface area contributed by atoms with Crippen molar-refractivity contribution in [2.75, 3.05) is 37.6 Å². The number of benzene rings is 2. The number of nitrogens with zero attached hydrogens (tertiary/aromatic N) is 3. The average Bonchev–Trinajstić information content (AvgIpc) is 2.96. The van der Waals surface area contributed by atoms with E-state index in [2.05, 4.69) is 53.2 Å². The molecule has 41 heavy (non-hydrogen) atoms. The molecule has 6 nitrogen and oxygen atoms in total. The van der Waals surface area contributed by atoms with Gasteiger partial charge in [0.1, 0.15) is 0 Å². The Morgan fingerprint density at radius 1 is 0.805 bits per heavy atom. The van der Waals surface area contributed by atoms with Crippen molar-refractivity contribution in [1.82, 2.24) is 15.1 Å². The number of amides is 2. The second kappa shape index (κ2) is 16.1. The number of carbonyl (C=O) groups is 2. The summed E-state index contributed by atoms with van der Waals surface area (Å²) in [5.74, 6) is 0.641. The standard InChI is InChI=1S/C35H52N4O2/c1-28(2)17-22-38-20-8-5-4-6-11-21-39(29(3)40)34-16-15-32(24-33(34)27-38)35(41)36-25-30-13-12-14-31(23-30)26-37-18-9-7-10-19-37/h12-16,23-24,28H,4-11,17-22,25-27H2,1-3H3,(H,36,41). The van der Waals surface area contributed by atoms with E-state index < -0.39 is 0 Å². The molecule has 1 saturated heterocycles. The van der Waals surface area contributed by atoms with Crippen LogP contribution >= 0.6 is 0 Å². The molecular formula is C35H52N4O2. The van der Waals surface area contributed by atoms with Gasteiger partial charge in [-0.3, -0.25) is 19.4 Å². The molecule has 6 heteroatoms. The highest BCUT2D eigenvalue weighted by atomic mass is 16.2. The van der Waals surface area contributed by atoms with Crippen LogP contribution in [0.1, 0.15) is 106 Å². The van der Waals surface area contributed by atoms with E-state index in [1.807, 2.05) is 23.1 Å². The number of rotatable bonds is 8. The summed E-state index contributed by atoms with van der Waals surface area (Å²) >= 11 is 0. The zero-order valence-electron chi connectivity index (χ0n) is 25.8. The van der Waals surface area contributed by atoms with E-state index in [-0.39, 0.29) is 11.8 Å². The van der Waals surface area contributed by atoms with Crippen LogP contribution in [-0.2, 0) is 24.4 Å². The van der Waals surface area contributed by atoms with E-state index in [1.54, 1.807) is 6.92 Å². The van der Waals surface area contributed by atoms with Crippen molar-refractivity contribution >= 4 is 17.5 Å². The van der Waals surface area contributed by atoms with Gasteiger partial charge in [0.2, 0.25) is 5.91 Å². The number of carbonyl (C=O) groups excluding carboxylic acids is 2. The van der Waals surface area contributed by atoms with Crippen molar-refractivity contribution in [3.05, 3.63) is 64.7 Å². The minimum absolute atomic E-state index is 0.0662. The Kier molecular flexibility index (Phi) is 12.2. The molecule has 224 valence electrons. The molecule has 1 N–H and O–H groups in total. The molecule has 0 spiro atoms. The van der Waals surface area contributed by atoms with Gasteiger partial charge in [0.05, 0.1) is 0 Å². The SMILES string of the molecule is CC(=O)N1CCCCCCCN(CCC(C)C)Cc2cc(C(=O)NCc3cccc(CN4CCCCC4)c3)ccc21. The normalized spacial score (nSPS) is 17.9. The molecule has 0 bridgehead atoms. The third kappa shape index (κ3) is 9.96. The maximum atomic E-state index is 13.4. The lowest BCUT2D eigenvalue weighted by molar-refractivity contribution is -0.116. The lowest BCUT2D eigenvalue weighted by Crippen LogP contribution is -2.33. The van der Waals surface area contributed by atoms with Crippen LogP contribution in [0, 0.1) is 5.92 Å². The Morgan fingerprint density at radius 3 is 2.20 bits per heavy atom. The van der Waals surface area contributed by atoms with Gasteiger partial charge in [0.15, 0.2) is 0 Å². The van der Waals surface area contributed by atoms with Crippen molar-refractivity contribution in [3.63, 3.8) is 0 Å². The third-order valence-corrected chi connectivity index (χ3v) is 8.58. The van der Waals surface area contributed by atoms with Gasteiger partial charge >= 0.3 is 0 Å². The Balaban J connectivity index is 1.49. The van der Waals surface area contributed by atoms with Crippen LogP contribution in [-0.4, -0.2) is 54.3 Å². The highest BCUT2D eigenvalue weighted by Gasteiger charge is 2.20. The lowest BCUT2D eigenvalue weighted by atomic mass is 10.0. The molecule has 0 atom stereocenters. The molecule has 2 aromatic carbocycles. The van der Waals surface area contributed by atoms with Crippen LogP contribution in [0.2, 0.25) is 0 Å². The molecule has 2 amide bonds. The molecule has 0 radical (unpaired) electrons. The highest BCUT2D eigenvalue weighted by molar-refractivity contribution is 5.97. The number of fused-ring (bicyclic) bond motifs is 1. The molecule has 4 rings (SSSR count). The maximum Gasteiger partial charge on any atom is 0.251 e. The van der Waals surface area contributed by atoms with E-state index in [0.717, 1.165) is 68.8 Å². The van der Waals surface area contributed by atoms with Gasteiger partial charge in [0.25, 0.3) is 5.91 Å². The molecule has 2 aliphatic rings. The van der Waals surface area contributed by atoms with Crippen LogP contribution in [0.5, 0.6) is 0 Å². The topological polar surface area (TPSA) is 55.9 Å². The fourth-order valence-corrected chi connectivity index (χ4v) is 6.15. The molecule has 0 unspecified atom stereocenters. The molecule has 2 heterocycles. The Labute approximate surface area is 248 Å². The summed E-state index contributed by atoms with van der Waals surface area (Å²) in [6.07, 6.45) is 10.9. The van der Waals surface area contributed by atoms with Crippen molar-refractivity contribution in [2.45, 2.75) is 98.2 Å². The molecule has 2 aromatic rings. The van der Waals surface area contributed by atoms with Crippen LogP contribution in [0.15, 0.2) is 42.5 Å². The van der Waals surface area contributed by atoms with Gasteiger partial charge in [-0.05, 0) is 99.1 Å². The summed E-state index contributed by atoms with van der Waals surface area (Å²) in [4.78, 5) is 33.1. The number of hydrogen-bond acceptors (Lipinski definition) is 4. The maximum absolute atomic E-state index is 13.4. The first-order chi connectivity index (χ1) is 19.9. The van der Waals surface area contributed by atoms with E-state index in [1.165, 1.54) is 57.2 Å². The van der Waals surface area contributed by atoms with E-state index >= 15 is 0 Å². The summed E-state index contributed by atoms with van der Waals surface area (Å²) in [6, 6.07) is 14.5. The summed E-state index contributed by atoms with van der Waals surface area (Å²) in [6.45, 7) is 13.6. The highest BCUT2D eigenvalue weighted by Crippen LogP contribution is 2.26. The number of anilines is 1. The smallest absolute Gasteiger partial charge is 0.251 e. The zero-order chi connectivity index (χ0) is 29.0. The number of nitrogens with one attached hydrogen (secondary N) is 1. The lowest BCUT2D eigenvalue weighted by Gasteiger charge is -2.29. The van der Waals surface area contributed by atoms with Gasteiger partial charge in [0, 0.05) is 44.4 Å². The monoisotopic (exact) mass is 560 g/mol. The van der Waals surface area contributed by atoms with E-state index in [0.29, 0.717) is 18.0 Å². The Bertz CT molecular complexity index is 1120. The molecule has 0 aromatic heterocycles. The second-order valence-electron chi connectivity index (χ2n) is 12.6. The first-order valence-corrected chi connectivity index (χ1v) is 16.1. The number of hydrogen-bond donors (Lipinski definition) is 1. The fourth-order valence-electron chi connectivity index (χ4n) is 6.15. The van der Waals surface area contributed by atoms with Gasteiger partial charge in [-0.15, -0.1) is 0 Å². The second-order valence-corrected chi connectivity index (χ2v) is 12.6. The van der Waals surface area contributed by atoms with Gasteiger partial charge in [-0.25, -0.2) is 0 Å². The van der Waals surface area contributed by atoms with Gasteiger partial charge in [-0.2, -0.15) is 0 Å². The quantitative estimate of drug-likeness (QED) is 0.387. The third-order valence-electron chi connectivity index (χ3n) is 8.58. The van der Waals surface area contributed by atoms with Crippen LogP contribution < -0.4 is 10.2 Å². The fraction of sp³-hybridized carbons (Fsp3) is 0.600. The van der Waals surface area contributed by atoms with E-state index in [4.69, 9.17) is 0 Å². The number of likely N-dealkylation sites (tertiary alicyclic amines) is 1. The van der Waals surface area contributed by atoms with Crippen LogP contribution in [0.4, 0.5) is 5.69 Å². The van der Waals surface area contributed by atoms with E-state index in [9.17, 15) is 9.59 Å². The first kappa shape index (κ1) is 31.2. The molecule has 2 aliphatic heterocycles. The summed E-state index contributed by atoms with van der Waals surface area (Å²) in [5.41, 5.74) is 5.12. The van der Waals surface area contributed by atoms with Gasteiger partial charge < -0.3 is 10.2 Å². The predicted octanol–water partition coefficient (Wildman–Crippen LogP) is 6.77. The molecule has 0 saturated carbocycles. The Hall–Kier alpha value is -2.70. The minimum Gasteiger partial charge on any atom is -0.348 e. The summed E-state index contributed by atoms with van der Waals surface area (Å²) in [5, 5.41) is 3.16. The van der Waals surface area contributed by atoms with Crippen molar-refractivity contribution in [1.29, 1.82) is 0 Å². The molecular weight excluding hydrogens is 508 g/mol. The minimum atomic E-state index is -0.0662. The first-order valence-electron chi connectivity index (χ1n) is 16.1. The van der Waals surface area contributed by atoms with Crippen LogP contribution in [0.3, 0.4) is 0 Å². The van der Waals surface area contributed by atoms with Gasteiger partial charge in [-0.1, -0.05) is 63.8 Å². The summed E-state index contributed by atoms with van der Waals surface area (Å²) < 4.78 is 0. The van der Waals surface area contributed by atoms with Crippen molar-refractivity contribution in [2.24, 2.45) is 5.92 Å². The summed E-state index contributed by atoms with van der Waals surface area (Å²) in [7, 11) is 0.